The summed E-state index contributed by atoms with van der Waals surface area (Å²) in [6, 6.07) is 28.6. The fourth-order valence-corrected chi connectivity index (χ4v) is 4.12. The molecule has 4 aromatic rings. The number of para-hydroxylation sites is 3. The number of rotatable bonds is 12. The molecule has 0 aliphatic heterocycles. The van der Waals surface area contributed by atoms with Crippen LogP contribution in [0.15, 0.2) is 97.1 Å². The Hall–Kier alpha value is -5.18. The van der Waals surface area contributed by atoms with E-state index < -0.39 is 0 Å². The Morgan fingerprint density at radius 3 is 2.07 bits per heavy atom. The van der Waals surface area contributed by atoms with Gasteiger partial charge in [-0.2, -0.15) is 0 Å². The number of amides is 3. The minimum atomic E-state index is -0.339. The van der Waals surface area contributed by atoms with Gasteiger partial charge in [-0.1, -0.05) is 30.3 Å². The minimum absolute atomic E-state index is 0.281. The van der Waals surface area contributed by atoms with Gasteiger partial charge in [0.1, 0.15) is 28.7 Å². The molecule has 0 saturated heterocycles. The molecule has 4 aromatic carbocycles. The summed E-state index contributed by atoms with van der Waals surface area (Å²) in [6.45, 7) is 0.668. The molecule has 0 radical (unpaired) electrons. The highest BCUT2D eigenvalue weighted by Gasteiger charge is 2.18. The van der Waals surface area contributed by atoms with E-state index in [0.29, 0.717) is 59.4 Å². The van der Waals surface area contributed by atoms with E-state index in [1.165, 1.54) is 7.11 Å². The molecule has 0 atom stereocenters. The number of benzene rings is 4. The highest BCUT2D eigenvalue weighted by atomic mass is 16.5. The average molecular weight is 556 g/mol. The van der Waals surface area contributed by atoms with E-state index in [9.17, 15) is 9.59 Å². The fraction of sp³-hybridized carbons (Fsp3) is 0.188. The third-order valence-corrected chi connectivity index (χ3v) is 6.22. The Morgan fingerprint density at radius 1 is 0.707 bits per heavy atom. The summed E-state index contributed by atoms with van der Waals surface area (Å²) < 4.78 is 21.8. The summed E-state index contributed by atoms with van der Waals surface area (Å²) in [5.74, 6) is 2.64. The van der Waals surface area contributed by atoms with Crippen molar-refractivity contribution in [1.29, 1.82) is 0 Å². The molecule has 0 unspecified atom stereocenters. The van der Waals surface area contributed by atoms with E-state index in [1.54, 1.807) is 49.5 Å². The van der Waals surface area contributed by atoms with Crippen LogP contribution >= 0.6 is 0 Å². The summed E-state index contributed by atoms with van der Waals surface area (Å²) in [7, 11) is 4.60. The van der Waals surface area contributed by atoms with Crippen molar-refractivity contribution in [2.24, 2.45) is 0 Å². The van der Waals surface area contributed by atoms with E-state index in [2.05, 4.69) is 10.6 Å². The molecule has 3 amide bonds. The van der Waals surface area contributed by atoms with Gasteiger partial charge in [-0.25, -0.2) is 4.79 Å². The quantitative estimate of drug-likeness (QED) is 0.197. The molecule has 2 N–H and O–H groups in total. The number of anilines is 2. The maximum absolute atomic E-state index is 13.5. The van der Waals surface area contributed by atoms with Gasteiger partial charge in [-0.15, -0.1) is 0 Å². The highest BCUT2D eigenvalue weighted by molar-refractivity contribution is 6.02. The molecule has 0 bridgehead atoms. The van der Waals surface area contributed by atoms with Crippen LogP contribution in [0.25, 0.3) is 0 Å². The minimum Gasteiger partial charge on any atom is -0.497 e. The Balaban J connectivity index is 1.45. The monoisotopic (exact) mass is 555 g/mol. The molecule has 0 aromatic heterocycles. The third-order valence-electron chi connectivity index (χ3n) is 6.22. The van der Waals surface area contributed by atoms with Gasteiger partial charge >= 0.3 is 6.03 Å². The molecule has 0 aliphatic carbocycles. The van der Waals surface area contributed by atoms with Crippen molar-refractivity contribution in [3.8, 4) is 28.7 Å². The van der Waals surface area contributed by atoms with Gasteiger partial charge in [-0.3, -0.25) is 9.69 Å². The zero-order valence-corrected chi connectivity index (χ0v) is 23.3. The van der Waals surface area contributed by atoms with Crippen LogP contribution in [0, 0.1) is 0 Å². The van der Waals surface area contributed by atoms with Crippen LogP contribution in [0.3, 0.4) is 0 Å². The standard InChI is InChI=1S/C32H33N3O6/c1-38-26-18-19-27(30(22-26)40-3)31(36)33-20-9-21-35(32(37)34-28-12-7-8-13-29(28)39-2)23-14-16-25(17-15-23)41-24-10-5-4-6-11-24/h4-8,10-19,22H,9,20-21H2,1-3H3,(H,33,36)(H,34,37). The van der Waals surface area contributed by atoms with E-state index in [0.717, 1.165) is 5.75 Å². The van der Waals surface area contributed by atoms with Crippen LogP contribution in [-0.2, 0) is 0 Å². The number of nitrogens with one attached hydrogen (secondary N) is 2. The summed E-state index contributed by atoms with van der Waals surface area (Å²) >= 11 is 0. The second-order valence-electron chi connectivity index (χ2n) is 8.87. The first-order valence-corrected chi connectivity index (χ1v) is 13.1. The zero-order valence-electron chi connectivity index (χ0n) is 23.3. The van der Waals surface area contributed by atoms with Gasteiger partial charge in [0.2, 0.25) is 0 Å². The van der Waals surface area contributed by atoms with Crippen LogP contribution in [0.2, 0.25) is 0 Å². The molecule has 0 fully saturated rings. The van der Waals surface area contributed by atoms with Crippen molar-refractivity contribution in [3.63, 3.8) is 0 Å². The first-order chi connectivity index (χ1) is 20.0. The van der Waals surface area contributed by atoms with Crippen LogP contribution in [-0.4, -0.2) is 46.4 Å². The summed E-state index contributed by atoms with van der Waals surface area (Å²) in [5.41, 5.74) is 1.61. The summed E-state index contributed by atoms with van der Waals surface area (Å²) in [6.07, 6.45) is 0.492. The Kier molecular flexibility index (Phi) is 10.0. The lowest BCUT2D eigenvalue weighted by Gasteiger charge is -2.24. The maximum atomic E-state index is 13.5. The van der Waals surface area contributed by atoms with Gasteiger partial charge in [0.15, 0.2) is 0 Å². The summed E-state index contributed by atoms with van der Waals surface area (Å²) in [4.78, 5) is 27.9. The Labute approximate surface area is 239 Å². The van der Waals surface area contributed by atoms with Crippen molar-refractivity contribution >= 4 is 23.3 Å². The number of nitrogens with zero attached hydrogens (tertiary/aromatic N) is 1. The number of urea groups is 1. The lowest BCUT2D eigenvalue weighted by Crippen LogP contribution is -2.37. The van der Waals surface area contributed by atoms with Gasteiger partial charge in [0.25, 0.3) is 5.91 Å². The Bertz CT molecular complexity index is 1440. The van der Waals surface area contributed by atoms with Crippen molar-refractivity contribution < 1.29 is 28.5 Å². The first kappa shape index (κ1) is 28.8. The number of ether oxygens (including phenoxy) is 4. The molecule has 0 saturated carbocycles. The predicted octanol–water partition coefficient (Wildman–Crippen LogP) is 6.36. The van der Waals surface area contributed by atoms with Gasteiger partial charge in [0, 0.05) is 24.8 Å². The smallest absolute Gasteiger partial charge is 0.326 e. The molecule has 9 heteroatoms. The second-order valence-corrected chi connectivity index (χ2v) is 8.87. The lowest BCUT2D eigenvalue weighted by atomic mass is 10.1. The topological polar surface area (TPSA) is 98.4 Å². The van der Waals surface area contributed by atoms with Gasteiger partial charge < -0.3 is 29.6 Å². The van der Waals surface area contributed by atoms with Crippen LogP contribution in [0.5, 0.6) is 28.7 Å². The van der Waals surface area contributed by atoms with Crippen molar-refractivity contribution in [2.45, 2.75) is 6.42 Å². The average Bonchev–Trinajstić information content (AvgIpc) is 3.01. The number of hydrogen-bond acceptors (Lipinski definition) is 6. The number of carbonyl (C=O) groups is 2. The van der Waals surface area contributed by atoms with E-state index in [1.807, 2.05) is 66.7 Å². The summed E-state index contributed by atoms with van der Waals surface area (Å²) in [5, 5.41) is 5.83. The molecule has 0 spiro atoms. The van der Waals surface area contributed by atoms with Crippen LogP contribution in [0.4, 0.5) is 16.2 Å². The number of methoxy groups -OCH3 is 3. The van der Waals surface area contributed by atoms with Crippen molar-refractivity contribution in [2.75, 3.05) is 44.6 Å². The Morgan fingerprint density at radius 2 is 1.37 bits per heavy atom. The van der Waals surface area contributed by atoms with Gasteiger partial charge in [-0.05, 0) is 67.1 Å². The zero-order chi connectivity index (χ0) is 29.0. The van der Waals surface area contributed by atoms with Gasteiger partial charge in [0.05, 0.1) is 32.6 Å². The first-order valence-electron chi connectivity index (χ1n) is 13.1. The lowest BCUT2D eigenvalue weighted by molar-refractivity contribution is 0.0950. The highest BCUT2D eigenvalue weighted by Crippen LogP contribution is 2.28. The molecule has 9 nitrogen and oxygen atoms in total. The molecule has 4 rings (SSSR count). The molecular weight excluding hydrogens is 522 g/mol. The number of hydrogen-bond donors (Lipinski definition) is 2. The normalized spacial score (nSPS) is 10.3. The molecule has 212 valence electrons. The maximum Gasteiger partial charge on any atom is 0.326 e. The van der Waals surface area contributed by atoms with Crippen LogP contribution in [0.1, 0.15) is 16.8 Å². The van der Waals surface area contributed by atoms with Crippen molar-refractivity contribution in [1.82, 2.24) is 5.32 Å². The third kappa shape index (κ3) is 7.69. The fourth-order valence-electron chi connectivity index (χ4n) is 4.12. The second kappa shape index (κ2) is 14.3. The van der Waals surface area contributed by atoms with E-state index in [-0.39, 0.29) is 11.9 Å². The van der Waals surface area contributed by atoms with Crippen molar-refractivity contribution in [3.05, 3.63) is 103 Å². The van der Waals surface area contributed by atoms with E-state index >= 15 is 0 Å². The molecule has 0 heterocycles. The molecule has 41 heavy (non-hydrogen) atoms. The number of carbonyl (C=O) groups excluding carboxylic acids is 2. The predicted molar refractivity (Wildman–Crippen MR) is 159 cm³/mol. The largest absolute Gasteiger partial charge is 0.497 e. The molecule has 0 aliphatic rings. The van der Waals surface area contributed by atoms with E-state index in [4.69, 9.17) is 18.9 Å². The molecular formula is C32H33N3O6. The van der Waals surface area contributed by atoms with Crippen LogP contribution < -0.4 is 34.5 Å². The SMILES string of the molecule is COc1ccc(C(=O)NCCCN(C(=O)Nc2ccccc2OC)c2ccc(Oc3ccccc3)cc2)c(OC)c1.